The number of nitrogens with zero attached hydrogens (tertiary/aromatic N) is 1. The van der Waals surface area contributed by atoms with E-state index >= 15 is 0 Å². The van der Waals surface area contributed by atoms with Crippen LogP contribution in [0.4, 0.5) is 4.39 Å². The summed E-state index contributed by atoms with van der Waals surface area (Å²) in [6.45, 7) is 0. The van der Waals surface area contributed by atoms with Gasteiger partial charge in [0, 0.05) is 11.6 Å². The van der Waals surface area contributed by atoms with Crippen molar-refractivity contribution in [2.45, 2.75) is 6.42 Å². The Balaban J connectivity index is 2.94. The topological polar surface area (TPSA) is 61.1 Å². The van der Waals surface area contributed by atoms with Gasteiger partial charge in [-0.05, 0) is 17.7 Å². The zero-order valence-corrected chi connectivity index (χ0v) is 7.77. The van der Waals surface area contributed by atoms with Crippen LogP contribution in [0.3, 0.4) is 0 Å². The number of carbonyl (C=O) groups is 1. The molecule has 0 bridgehead atoms. The van der Waals surface area contributed by atoms with E-state index < -0.39 is 11.8 Å². The van der Waals surface area contributed by atoms with E-state index in [2.05, 4.69) is 0 Å². The van der Waals surface area contributed by atoms with Crippen LogP contribution >= 0.6 is 0 Å². The van der Waals surface area contributed by atoms with Crippen LogP contribution in [0.15, 0.2) is 24.3 Å². The van der Waals surface area contributed by atoms with Gasteiger partial charge in [0.05, 0.1) is 12.5 Å². The number of benzene rings is 1. The number of carboxylic acids is 1. The van der Waals surface area contributed by atoms with Crippen molar-refractivity contribution in [1.29, 1.82) is 5.26 Å². The minimum absolute atomic E-state index is 0.209. The summed E-state index contributed by atoms with van der Waals surface area (Å²) < 4.78 is 13.3. The average Bonchev–Trinajstić information content (AvgIpc) is 2.15. The second-order valence-corrected chi connectivity index (χ2v) is 2.89. The molecule has 0 spiro atoms. The van der Waals surface area contributed by atoms with Crippen LogP contribution in [-0.2, 0) is 11.2 Å². The van der Waals surface area contributed by atoms with Crippen molar-refractivity contribution < 1.29 is 14.3 Å². The molecule has 0 saturated heterocycles. The monoisotopic (exact) mass is 205 g/mol. The van der Waals surface area contributed by atoms with E-state index in [0.29, 0.717) is 5.56 Å². The molecule has 15 heavy (non-hydrogen) atoms. The minimum Gasteiger partial charge on any atom is -0.481 e. The molecule has 0 aromatic heterocycles. The Kier molecular flexibility index (Phi) is 3.58. The maximum atomic E-state index is 13.3. The van der Waals surface area contributed by atoms with Gasteiger partial charge in [-0.25, -0.2) is 4.39 Å². The molecule has 3 nitrogen and oxygen atoms in total. The van der Waals surface area contributed by atoms with Gasteiger partial charge >= 0.3 is 5.97 Å². The van der Waals surface area contributed by atoms with Gasteiger partial charge < -0.3 is 5.11 Å². The van der Waals surface area contributed by atoms with E-state index in [4.69, 9.17) is 10.4 Å². The summed E-state index contributed by atoms with van der Waals surface area (Å²) >= 11 is 0. The highest BCUT2D eigenvalue weighted by Crippen LogP contribution is 2.12. The van der Waals surface area contributed by atoms with E-state index in [1.165, 1.54) is 18.2 Å². The number of carboxylic acid groups (broad SMARTS) is 1. The lowest BCUT2D eigenvalue weighted by Gasteiger charge is -2.00. The quantitative estimate of drug-likeness (QED) is 0.767. The second-order valence-electron chi connectivity index (χ2n) is 2.89. The molecule has 1 aromatic rings. The van der Waals surface area contributed by atoms with Crippen molar-refractivity contribution in [2.24, 2.45) is 0 Å². The van der Waals surface area contributed by atoms with Gasteiger partial charge in [-0.1, -0.05) is 12.1 Å². The molecule has 76 valence electrons. The molecule has 1 aromatic carbocycles. The molecule has 0 saturated carbocycles. The molecular formula is C11H8FNO2. The van der Waals surface area contributed by atoms with Crippen molar-refractivity contribution >= 4 is 12.0 Å². The number of rotatable bonds is 3. The minimum atomic E-state index is -1.00. The second kappa shape index (κ2) is 4.91. The molecule has 0 unspecified atom stereocenters. The fourth-order valence-corrected chi connectivity index (χ4v) is 1.12. The maximum Gasteiger partial charge on any atom is 0.307 e. The highest BCUT2D eigenvalue weighted by atomic mass is 19.1. The van der Waals surface area contributed by atoms with Gasteiger partial charge in [0.2, 0.25) is 0 Å². The average molecular weight is 205 g/mol. The molecule has 0 amide bonds. The van der Waals surface area contributed by atoms with Crippen LogP contribution < -0.4 is 0 Å². The molecule has 0 aliphatic carbocycles. The predicted molar refractivity (Wildman–Crippen MR) is 52.4 cm³/mol. The lowest BCUT2D eigenvalue weighted by atomic mass is 10.1. The number of allylic oxidation sites excluding steroid dienone is 1. The first kappa shape index (κ1) is 10.9. The van der Waals surface area contributed by atoms with Crippen LogP contribution in [0.25, 0.3) is 6.08 Å². The summed E-state index contributed by atoms with van der Waals surface area (Å²) in [5.74, 6) is -1.53. The molecule has 0 aliphatic rings. The summed E-state index contributed by atoms with van der Waals surface area (Å²) in [5.41, 5.74) is 0.666. The van der Waals surface area contributed by atoms with E-state index in [0.717, 1.165) is 12.1 Å². The van der Waals surface area contributed by atoms with Crippen LogP contribution in [0.1, 0.15) is 11.1 Å². The molecule has 4 heteroatoms. The molecule has 1 N–H and O–H groups in total. The van der Waals surface area contributed by atoms with Crippen molar-refractivity contribution in [3.05, 3.63) is 41.2 Å². The third-order valence-electron chi connectivity index (χ3n) is 1.76. The first-order valence-corrected chi connectivity index (χ1v) is 4.20. The molecule has 0 atom stereocenters. The lowest BCUT2D eigenvalue weighted by Crippen LogP contribution is -2.00. The number of hydrogen-bond donors (Lipinski definition) is 1. The summed E-state index contributed by atoms with van der Waals surface area (Å²) in [4.78, 5) is 10.4. The van der Waals surface area contributed by atoms with E-state index in [9.17, 15) is 9.18 Å². The van der Waals surface area contributed by atoms with Crippen LogP contribution in [0.5, 0.6) is 0 Å². The summed E-state index contributed by atoms with van der Waals surface area (Å²) in [6.07, 6.45) is 2.29. The molecule has 0 fully saturated rings. The normalized spacial score (nSPS) is 10.1. The standard InChI is InChI=1S/C11H8FNO2/c12-10-6-8(7-11(14)15)3-4-9(10)2-1-5-13/h1-4,6H,7H2,(H,14,15). The zero-order valence-electron chi connectivity index (χ0n) is 7.77. The highest BCUT2D eigenvalue weighted by molar-refractivity contribution is 5.70. The summed E-state index contributed by atoms with van der Waals surface area (Å²) in [5, 5.41) is 16.7. The van der Waals surface area contributed by atoms with Gasteiger partial charge in [-0.2, -0.15) is 5.26 Å². The SMILES string of the molecule is N#CC=Cc1ccc(CC(=O)O)cc1F. The Morgan fingerprint density at radius 2 is 2.33 bits per heavy atom. The van der Waals surface area contributed by atoms with Crippen molar-refractivity contribution in [1.82, 2.24) is 0 Å². The third kappa shape index (κ3) is 3.24. The van der Waals surface area contributed by atoms with Crippen LogP contribution in [0.2, 0.25) is 0 Å². The van der Waals surface area contributed by atoms with Crippen molar-refractivity contribution in [2.75, 3.05) is 0 Å². The fourth-order valence-electron chi connectivity index (χ4n) is 1.12. The number of aliphatic carboxylic acids is 1. The fraction of sp³-hybridized carbons (Fsp3) is 0.0909. The first-order chi connectivity index (χ1) is 7.13. The van der Waals surface area contributed by atoms with Gasteiger partial charge in [0.1, 0.15) is 5.82 Å². The van der Waals surface area contributed by atoms with Crippen LogP contribution in [-0.4, -0.2) is 11.1 Å². The largest absolute Gasteiger partial charge is 0.481 e. The van der Waals surface area contributed by atoms with Crippen molar-refractivity contribution in [3.8, 4) is 6.07 Å². The molecular weight excluding hydrogens is 197 g/mol. The zero-order chi connectivity index (χ0) is 11.3. The Labute approximate surface area is 86.1 Å². The third-order valence-corrected chi connectivity index (χ3v) is 1.76. The highest BCUT2D eigenvalue weighted by Gasteiger charge is 2.04. The number of halogens is 1. The van der Waals surface area contributed by atoms with Gasteiger partial charge in [0.15, 0.2) is 0 Å². The Bertz CT molecular complexity index is 446. The number of nitriles is 1. The molecule has 1 rings (SSSR count). The Hall–Kier alpha value is -2.15. The van der Waals surface area contributed by atoms with Gasteiger partial charge in [-0.15, -0.1) is 0 Å². The predicted octanol–water partition coefficient (Wildman–Crippen LogP) is 1.99. The lowest BCUT2D eigenvalue weighted by molar-refractivity contribution is -0.136. The van der Waals surface area contributed by atoms with E-state index in [1.807, 2.05) is 0 Å². The van der Waals surface area contributed by atoms with E-state index in [1.54, 1.807) is 6.07 Å². The smallest absolute Gasteiger partial charge is 0.307 e. The summed E-state index contributed by atoms with van der Waals surface area (Å²) in [6, 6.07) is 5.87. The van der Waals surface area contributed by atoms with Crippen molar-refractivity contribution in [3.63, 3.8) is 0 Å². The van der Waals surface area contributed by atoms with Gasteiger partial charge in [0.25, 0.3) is 0 Å². The maximum absolute atomic E-state index is 13.3. The van der Waals surface area contributed by atoms with Gasteiger partial charge in [-0.3, -0.25) is 4.79 Å². The molecule has 0 aliphatic heterocycles. The Morgan fingerprint density at radius 1 is 1.60 bits per heavy atom. The Morgan fingerprint density at radius 3 is 2.87 bits per heavy atom. The summed E-state index contributed by atoms with van der Waals surface area (Å²) in [7, 11) is 0. The first-order valence-electron chi connectivity index (χ1n) is 4.20. The van der Waals surface area contributed by atoms with E-state index in [-0.39, 0.29) is 12.0 Å². The van der Waals surface area contributed by atoms with Crippen LogP contribution in [0, 0.1) is 17.1 Å². The molecule has 0 heterocycles. The number of hydrogen-bond acceptors (Lipinski definition) is 2. The molecule has 0 radical (unpaired) electrons.